The first-order chi connectivity index (χ1) is 18.6. The topological polar surface area (TPSA) is 29.0 Å². The van der Waals surface area contributed by atoms with Crippen LogP contribution in [0, 0.1) is 12.1 Å². The van der Waals surface area contributed by atoms with Crippen LogP contribution in [0.3, 0.4) is 0 Å². The van der Waals surface area contributed by atoms with Gasteiger partial charge in [-0.25, -0.2) is 0 Å². The molecule has 3 aromatic carbocycles. The molecule has 0 N–H and O–H groups in total. The summed E-state index contributed by atoms with van der Waals surface area (Å²) in [5.74, 6) is 0. The molecule has 0 saturated carbocycles. The van der Waals surface area contributed by atoms with Crippen LogP contribution >= 0.6 is 0 Å². The van der Waals surface area contributed by atoms with Gasteiger partial charge in [-0.05, 0) is 69.0 Å². The molecule has 0 spiro atoms. The van der Waals surface area contributed by atoms with Gasteiger partial charge in [0.05, 0.1) is 0 Å². The van der Waals surface area contributed by atoms with E-state index in [4.69, 9.17) is 0 Å². The van der Waals surface area contributed by atoms with E-state index in [0.717, 1.165) is 39.6 Å². The molecule has 5 rings (SSSR count). The predicted molar refractivity (Wildman–Crippen MR) is 163 cm³/mol. The van der Waals surface area contributed by atoms with Gasteiger partial charge in [-0.15, -0.1) is 59.7 Å². The van der Waals surface area contributed by atoms with Crippen LogP contribution in [-0.4, -0.2) is 9.97 Å². The fourth-order valence-electron chi connectivity index (χ4n) is 4.53. The molecule has 0 aliphatic rings. The maximum atomic E-state index is 4.58. The van der Waals surface area contributed by atoms with E-state index in [0.29, 0.717) is 0 Å². The number of pyridine rings is 2. The Morgan fingerprint density at radius 2 is 1.00 bits per heavy atom. The standard InChI is InChI=1S/C36H35N3.Pt/c1-35(2,3)28-23-29(36(4,5)6)25-32(24-28)39(30-15-11-13-26(21-30)33-17-7-9-19-37-33)31-16-12-14-27(22-31)34-18-8-10-20-38-34;/h7-20,23-25H,1-6H3;/q-2;+2. The normalized spacial score (nSPS) is 11.6. The van der Waals surface area contributed by atoms with Crippen molar-refractivity contribution in [2.24, 2.45) is 0 Å². The molecule has 0 aliphatic heterocycles. The van der Waals surface area contributed by atoms with Gasteiger partial charge in [0.1, 0.15) is 0 Å². The van der Waals surface area contributed by atoms with Crippen LogP contribution in [0.2, 0.25) is 0 Å². The molecule has 40 heavy (non-hydrogen) atoms. The van der Waals surface area contributed by atoms with Gasteiger partial charge >= 0.3 is 21.1 Å². The van der Waals surface area contributed by atoms with E-state index in [-0.39, 0.29) is 31.9 Å². The van der Waals surface area contributed by atoms with Crippen LogP contribution in [0.4, 0.5) is 17.1 Å². The summed E-state index contributed by atoms with van der Waals surface area (Å²) < 4.78 is 0. The summed E-state index contributed by atoms with van der Waals surface area (Å²) in [4.78, 5) is 11.4. The van der Waals surface area contributed by atoms with Gasteiger partial charge in [0.15, 0.2) is 0 Å². The molecule has 0 amide bonds. The van der Waals surface area contributed by atoms with Crippen molar-refractivity contribution in [2.45, 2.75) is 52.4 Å². The van der Waals surface area contributed by atoms with Crippen LogP contribution in [0.5, 0.6) is 0 Å². The predicted octanol–water partition coefficient (Wildman–Crippen LogP) is 9.47. The van der Waals surface area contributed by atoms with E-state index in [1.54, 1.807) is 0 Å². The summed E-state index contributed by atoms with van der Waals surface area (Å²) in [6.07, 6.45) is 3.64. The number of hydrogen-bond donors (Lipinski definition) is 0. The summed E-state index contributed by atoms with van der Waals surface area (Å²) in [6, 6.07) is 38.7. The first-order valence-corrected chi connectivity index (χ1v) is 13.4. The molecule has 2 heterocycles. The van der Waals surface area contributed by atoms with Crippen molar-refractivity contribution in [3.63, 3.8) is 0 Å². The van der Waals surface area contributed by atoms with E-state index < -0.39 is 0 Å². The van der Waals surface area contributed by atoms with Gasteiger partial charge in [-0.2, -0.15) is 0 Å². The van der Waals surface area contributed by atoms with Gasteiger partial charge in [-0.3, -0.25) is 0 Å². The Kier molecular flexibility index (Phi) is 8.76. The molecule has 0 radical (unpaired) electrons. The van der Waals surface area contributed by atoms with Crippen molar-refractivity contribution in [1.82, 2.24) is 9.97 Å². The van der Waals surface area contributed by atoms with E-state index in [1.807, 2.05) is 48.8 Å². The number of benzene rings is 3. The van der Waals surface area contributed by atoms with Gasteiger partial charge < -0.3 is 14.9 Å². The Labute approximate surface area is 253 Å². The molecule has 4 heteroatoms. The molecule has 3 nitrogen and oxygen atoms in total. The summed E-state index contributed by atoms with van der Waals surface area (Å²) in [5, 5.41) is 0. The first-order valence-electron chi connectivity index (χ1n) is 13.4. The van der Waals surface area contributed by atoms with Crippen molar-refractivity contribution in [2.75, 3.05) is 4.90 Å². The fraction of sp³-hybridized carbons (Fsp3) is 0.222. The minimum Gasteiger partial charge on any atom is -0.346 e. The van der Waals surface area contributed by atoms with Gasteiger partial charge in [-0.1, -0.05) is 71.9 Å². The Hall–Kier alpha value is -3.55. The number of hydrogen-bond acceptors (Lipinski definition) is 3. The molecule has 0 aliphatic carbocycles. The average molecular weight is 705 g/mol. The Balaban J connectivity index is 0.00000370. The minimum absolute atomic E-state index is 0. The Morgan fingerprint density at radius 1 is 0.550 bits per heavy atom. The monoisotopic (exact) mass is 704 g/mol. The van der Waals surface area contributed by atoms with Crippen molar-refractivity contribution < 1.29 is 21.1 Å². The van der Waals surface area contributed by atoms with E-state index in [9.17, 15) is 0 Å². The van der Waals surface area contributed by atoms with Gasteiger partial charge in [0, 0.05) is 18.1 Å². The number of nitrogens with zero attached hydrogens (tertiary/aromatic N) is 3. The van der Waals surface area contributed by atoms with E-state index in [1.165, 1.54) is 11.1 Å². The second kappa shape index (κ2) is 11.9. The zero-order valence-electron chi connectivity index (χ0n) is 24.0. The van der Waals surface area contributed by atoms with Gasteiger partial charge in [0.2, 0.25) is 0 Å². The number of anilines is 3. The molecule has 0 saturated heterocycles. The molecule has 204 valence electrons. The van der Waals surface area contributed by atoms with E-state index in [2.05, 4.69) is 123 Å². The molecule has 5 aromatic rings. The maximum absolute atomic E-state index is 4.58. The molecule has 0 bridgehead atoms. The molecular weight excluding hydrogens is 669 g/mol. The van der Waals surface area contributed by atoms with Crippen LogP contribution in [-0.2, 0) is 31.9 Å². The van der Waals surface area contributed by atoms with Crippen molar-refractivity contribution in [3.05, 3.63) is 127 Å². The maximum Gasteiger partial charge on any atom is 2.00 e. The molecule has 2 aromatic heterocycles. The molecule has 0 unspecified atom stereocenters. The third kappa shape index (κ3) is 6.59. The van der Waals surface area contributed by atoms with Crippen molar-refractivity contribution in [3.8, 4) is 22.5 Å². The Bertz CT molecular complexity index is 1450. The SMILES string of the molecule is CC(C)(C)c1cc(N(c2[c-]c(-c3ccccn3)ccc2)c2[c-]c(-c3ccccn3)ccc2)cc(C(C)(C)C)c1.[Pt+2]. The average Bonchev–Trinajstić information content (AvgIpc) is 2.93. The third-order valence-electron chi connectivity index (χ3n) is 6.83. The molecule has 0 fully saturated rings. The second-order valence-electron chi connectivity index (χ2n) is 11.9. The first kappa shape index (κ1) is 29.4. The van der Waals surface area contributed by atoms with Gasteiger partial charge in [0.25, 0.3) is 0 Å². The van der Waals surface area contributed by atoms with Crippen molar-refractivity contribution >= 4 is 17.1 Å². The number of rotatable bonds is 5. The molecule has 0 atom stereocenters. The minimum atomic E-state index is -0.0132. The van der Waals surface area contributed by atoms with Crippen molar-refractivity contribution in [1.29, 1.82) is 0 Å². The quantitative estimate of drug-likeness (QED) is 0.171. The van der Waals surface area contributed by atoms with Crippen LogP contribution in [0.1, 0.15) is 52.7 Å². The smallest absolute Gasteiger partial charge is 0.346 e. The zero-order valence-corrected chi connectivity index (χ0v) is 26.2. The number of aromatic nitrogens is 2. The zero-order chi connectivity index (χ0) is 27.6. The van der Waals surface area contributed by atoms with Crippen LogP contribution in [0.25, 0.3) is 22.5 Å². The Morgan fingerprint density at radius 3 is 1.38 bits per heavy atom. The summed E-state index contributed by atoms with van der Waals surface area (Å²) in [7, 11) is 0. The third-order valence-corrected chi connectivity index (χ3v) is 6.83. The van der Waals surface area contributed by atoms with Crippen LogP contribution in [0.15, 0.2) is 103 Å². The summed E-state index contributed by atoms with van der Waals surface area (Å²) in [6.45, 7) is 13.6. The fourth-order valence-corrected chi connectivity index (χ4v) is 4.53. The van der Waals surface area contributed by atoms with E-state index >= 15 is 0 Å². The largest absolute Gasteiger partial charge is 2.00 e. The summed E-state index contributed by atoms with van der Waals surface area (Å²) in [5.41, 5.74) is 9.17. The summed E-state index contributed by atoms with van der Waals surface area (Å²) >= 11 is 0. The second-order valence-corrected chi connectivity index (χ2v) is 11.9. The van der Waals surface area contributed by atoms with Crippen LogP contribution < -0.4 is 4.90 Å². The molecular formula is C36H35N3Pt.